The number of hydrogen-bond donors (Lipinski definition) is 2. The van der Waals surface area contributed by atoms with Crippen LogP contribution in [0.1, 0.15) is 35.3 Å². The van der Waals surface area contributed by atoms with Gasteiger partial charge in [0.25, 0.3) is 0 Å². The Morgan fingerprint density at radius 3 is 2.42 bits per heavy atom. The number of rotatable bonds is 6. The maximum atomic E-state index is 13.5. The van der Waals surface area contributed by atoms with Gasteiger partial charge in [-0.3, -0.25) is 0 Å². The summed E-state index contributed by atoms with van der Waals surface area (Å²) in [6.07, 6.45) is -4.95. The standard InChI is InChI=1S/C19H21F4NO.ClH/c1-12-6-7-14(9-17(12)20)8-13(2)24-11-18(25)15-4-3-5-16(10-15)19(21,22)23;/h3-7,9-10,13,18,24-25H,8,11H2,1-2H3;1H. The molecule has 2 unspecified atom stereocenters. The van der Waals surface area contributed by atoms with E-state index in [1.54, 1.807) is 13.0 Å². The van der Waals surface area contributed by atoms with Gasteiger partial charge in [0.1, 0.15) is 5.82 Å². The molecule has 2 rings (SSSR count). The van der Waals surface area contributed by atoms with E-state index in [2.05, 4.69) is 5.32 Å². The Kier molecular flexibility index (Phi) is 8.06. The summed E-state index contributed by atoms with van der Waals surface area (Å²) in [5.41, 5.74) is 0.809. The lowest BCUT2D eigenvalue weighted by Gasteiger charge is -2.18. The molecule has 0 aliphatic heterocycles. The summed E-state index contributed by atoms with van der Waals surface area (Å²) in [6, 6.07) is 9.60. The highest BCUT2D eigenvalue weighted by molar-refractivity contribution is 5.85. The van der Waals surface area contributed by atoms with Crippen molar-refractivity contribution in [2.24, 2.45) is 0 Å². The second kappa shape index (κ2) is 9.35. The first-order chi connectivity index (χ1) is 11.7. The Morgan fingerprint density at radius 1 is 1.12 bits per heavy atom. The Hall–Kier alpha value is -1.63. The van der Waals surface area contributed by atoms with Gasteiger partial charge in [-0.15, -0.1) is 12.4 Å². The average Bonchev–Trinajstić information content (AvgIpc) is 2.55. The highest BCUT2D eigenvalue weighted by Crippen LogP contribution is 2.30. The molecule has 0 aromatic heterocycles. The quantitative estimate of drug-likeness (QED) is 0.691. The van der Waals surface area contributed by atoms with Crippen molar-refractivity contribution < 1.29 is 22.7 Å². The minimum Gasteiger partial charge on any atom is -0.387 e. The summed E-state index contributed by atoms with van der Waals surface area (Å²) in [5.74, 6) is -0.270. The maximum Gasteiger partial charge on any atom is 0.416 e. The fraction of sp³-hybridized carbons (Fsp3) is 0.368. The first kappa shape index (κ1) is 22.4. The van der Waals surface area contributed by atoms with E-state index in [1.807, 2.05) is 13.0 Å². The first-order valence-corrected chi connectivity index (χ1v) is 8.00. The van der Waals surface area contributed by atoms with E-state index in [9.17, 15) is 22.7 Å². The van der Waals surface area contributed by atoms with Crippen LogP contribution in [-0.2, 0) is 12.6 Å². The van der Waals surface area contributed by atoms with Crippen molar-refractivity contribution in [2.75, 3.05) is 6.54 Å². The number of aliphatic hydroxyl groups is 1. The summed E-state index contributed by atoms with van der Waals surface area (Å²) in [7, 11) is 0. The van der Waals surface area contributed by atoms with Crippen molar-refractivity contribution in [3.8, 4) is 0 Å². The van der Waals surface area contributed by atoms with Crippen molar-refractivity contribution in [2.45, 2.75) is 38.6 Å². The van der Waals surface area contributed by atoms with Gasteiger partial charge in [-0.2, -0.15) is 13.2 Å². The number of aryl methyl sites for hydroxylation is 1. The minimum atomic E-state index is -4.44. The van der Waals surface area contributed by atoms with Gasteiger partial charge in [0.05, 0.1) is 11.7 Å². The molecule has 144 valence electrons. The fourth-order valence-electron chi connectivity index (χ4n) is 2.54. The second-order valence-corrected chi connectivity index (χ2v) is 6.24. The van der Waals surface area contributed by atoms with Crippen LogP contribution in [0.15, 0.2) is 42.5 Å². The van der Waals surface area contributed by atoms with Crippen molar-refractivity contribution in [3.63, 3.8) is 0 Å². The zero-order chi connectivity index (χ0) is 18.6. The maximum absolute atomic E-state index is 13.5. The Labute approximate surface area is 156 Å². The van der Waals surface area contributed by atoms with Gasteiger partial charge in [-0.05, 0) is 55.2 Å². The van der Waals surface area contributed by atoms with E-state index < -0.39 is 17.8 Å². The van der Waals surface area contributed by atoms with E-state index in [0.29, 0.717) is 12.0 Å². The first-order valence-electron chi connectivity index (χ1n) is 8.00. The number of hydrogen-bond acceptors (Lipinski definition) is 2. The van der Waals surface area contributed by atoms with Crippen LogP contribution in [0.3, 0.4) is 0 Å². The van der Waals surface area contributed by atoms with Crippen LogP contribution in [0.5, 0.6) is 0 Å². The van der Waals surface area contributed by atoms with Gasteiger partial charge in [-0.1, -0.05) is 24.3 Å². The molecule has 0 aliphatic rings. The molecule has 0 saturated carbocycles. The fourth-order valence-corrected chi connectivity index (χ4v) is 2.54. The molecule has 0 bridgehead atoms. The van der Waals surface area contributed by atoms with Gasteiger partial charge in [0.15, 0.2) is 0 Å². The van der Waals surface area contributed by atoms with E-state index in [-0.39, 0.29) is 36.4 Å². The lowest BCUT2D eigenvalue weighted by Crippen LogP contribution is -2.32. The summed E-state index contributed by atoms with van der Waals surface area (Å²) in [4.78, 5) is 0. The number of alkyl halides is 3. The van der Waals surface area contributed by atoms with E-state index in [4.69, 9.17) is 0 Å². The topological polar surface area (TPSA) is 32.3 Å². The molecule has 2 aromatic rings. The Balaban J connectivity index is 0.00000338. The highest BCUT2D eigenvalue weighted by atomic mass is 35.5. The Morgan fingerprint density at radius 2 is 1.81 bits per heavy atom. The average molecular weight is 392 g/mol. The van der Waals surface area contributed by atoms with Crippen molar-refractivity contribution in [3.05, 3.63) is 70.5 Å². The highest BCUT2D eigenvalue weighted by Gasteiger charge is 2.30. The monoisotopic (exact) mass is 391 g/mol. The number of aliphatic hydroxyl groups excluding tert-OH is 1. The zero-order valence-electron chi connectivity index (χ0n) is 14.5. The molecule has 2 atom stereocenters. The van der Waals surface area contributed by atoms with Crippen molar-refractivity contribution in [1.29, 1.82) is 0 Å². The predicted octanol–water partition coefficient (Wildman–Crippen LogP) is 4.83. The minimum absolute atomic E-state index is 0. The van der Waals surface area contributed by atoms with Crippen LogP contribution in [0.25, 0.3) is 0 Å². The third-order valence-corrected chi connectivity index (χ3v) is 4.04. The van der Waals surface area contributed by atoms with Gasteiger partial charge in [0.2, 0.25) is 0 Å². The predicted molar refractivity (Wildman–Crippen MR) is 96.0 cm³/mol. The van der Waals surface area contributed by atoms with Crippen LogP contribution >= 0.6 is 12.4 Å². The van der Waals surface area contributed by atoms with E-state index in [0.717, 1.165) is 17.7 Å². The normalized spacial score (nSPS) is 13.8. The summed E-state index contributed by atoms with van der Waals surface area (Å²) in [5, 5.41) is 13.2. The number of nitrogens with one attached hydrogen (secondary N) is 1. The lowest BCUT2D eigenvalue weighted by atomic mass is 10.0. The van der Waals surface area contributed by atoms with Gasteiger partial charge in [0, 0.05) is 12.6 Å². The molecule has 2 aromatic carbocycles. The molecular formula is C19H22ClF4NO. The van der Waals surface area contributed by atoms with Crippen LogP contribution in [0.2, 0.25) is 0 Å². The van der Waals surface area contributed by atoms with Gasteiger partial charge in [-0.25, -0.2) is 4.39 Å². The van der Waals surface area contributed by atoms with Crippen LogP contribution in [-0.4, -0.2) is 17.7 Å². The molecule has 2 nitrogen and oxygen atoms in total. The molecule has 0 amide bonds. The molecular weight excluding hydrogens is 370 g/mol. The number of halogens is 5. The third kappa shape index (κ3) is 6.27. The Bertz CT molecular complexity index is 721. The van der Waals surface area contributed by atoms with Crippen LogP contribution in [0, 0.1) is 12.7 Å². The van der Waals surface area contributed by atoms with Crippen molar-refractivity contribution in [1.82, 2.24) is 5.32 Å². The number of benzene rings is 2. The summed E-state index contributed by atoms with van der Waals surface area (Å²) >= 11 is 0. The molecule has 0 radical (unpaired) electrons. The third-order valence-electron chi connectivity index (χ3n) is 4.04. The van der Waals surface area contributed by atoms with E-state index in [1.165, 1.54) is 18.2 Å². The molecule has 0 heterocycles. The summed E-state index contributed by atoms with van der Waals surface area (Å²) < 4.78 is 51.7. The molecule has 0 saturated heterocycles. The molecule has 0 aliphatic carbocycles. The lowest BCUT2D eigenvalue weighted by molar-refractivity contribution is -0.137. The molecule has 2 N–H and O–H groups in total. The van der Waals surface area contributed by atoms with Gasteiger partial charge >= 0.3 is 6.18 Å². The molecule has 26 heavy (non-hydrogen) atoms. The molecule has 0 spiro atoms. The molecule has 7 heteroatoms. The SMILES string of the molecule is Cc1ccc(CC(C)NCC(O)c2cccc(C(F)(F)F)c2)cc1F.Cl. The van der Waals surface area contributed by atoms with E-state index >= 15 is 0 Å². The van der Waals surface area contributed by atoms with Gasteiger partial charge < -0.3 is 10.4 Å². The van der Waals surface area contributed by atoms with Crippen LogP contribution < -0.4 is 5.32 Å². The molecule has 0 fully saturated rings. The largest absolute Gasteiger partial charge is 0.416 e. The zero-order valence-corrected chi connectivity index (χ0v) is 15.3. The van der Waals surface area contributed by atoms with Crippen molar-refractivity contribution >= 4 is 12.4 Å². The smallest absolute Gasteiger partial charge is 0.387 e. The van der Waals surface area contributed by atoms with Crippen LogP contribution in [0.4, 0.5) is 17.6 Å². The summed E-state index contributed by atoms with van der Waals surface area (Å²) in [6.45, 7) is 3.67. The second-order valence-electron chi connectivity index (χ2n) is 6.24.